The zero-order chi connectivity index (χ0) is 12.7. The molecule has 0 bridgehead atoms. The molecule has 0 heterocycles. The third kappa shape index (κ3) is 5.07. The Morgan fingerprint density at radius 1 is 1.29 bits per heavy atom. The van der Waals surface area contributed by atoms with Gasteiger partial charge in [-0.3, -0.25) is 4.79 Å². The average Bonchev–Trinajstić information content (AvgIpc) is 2.35. The number of ether oxygens (including phenoxy) is 1. The second-order valence-electron chi connectivity index (χ2n) is 5.83. The molecule has 0 aliphatic heterocycles. The normalized spacial score (nSPS) is 18.1. The van der Waals surface area contributed by atoms with Gasteiger partial charge in [0.25, 0.3) is 0 Å². The molecule has 0 aromatic heterocycles. The summed E-state index contributed by atoms with van der Waals surface area (Å²) in [7, 11) is 1.44. The lowest BCUT2D eigenvalue weighted by atomic mass is 9.71. The van der Waals surface area contributed by atoms with Gasteiger partial charge in [-0.25, -0.2) is 0 Å². The van der Waals surface area contributed by atoms with E-state index in [-0.39, 0.29) is 5.97 Å². The average molecular weight is 241 g/mol. The molecule has 3 heteroatoms. The van der Waals surface area contributed by atoms with Crippen LogP contribution in [-0.4, -0.2) is 26.2 Å². The molecule has 0 saturated heterocycles. The minimum absolute atomic E-state index is 0.132. The quantitative estimate of drug-likeness (QED) is 0.574. The highest BCUT2D eigenvalue weighted by molar-refractivity contribution is 5.69. The summed E-state index contributed by atoms with van der Waals surface area (Å²) in [6.07, 6.45) is 7.38. The van der Waals surface area contributed by atoms with Gasteiger partial charge in [0.1, 0.15) is 0 Å². The summed E-state index contributed by atoms with van der Waals surface area (Å²) in [6.45, 7) is 6.40. The van der Waals surface area contributed by atoms with Crippen LogP contribution in [0.1, 0.15) is 52.4 Å². The zero-order valence-electron chi connectivity index (χ0n) is 11.6. The lowest BCUT2D eigenvalue weighted by Gasteiger charge is -2.37. The lowest BCUT2D eigenvalue weighted by molar-refractivity contribution is -0.140. The Morgan fingerprint density at radius 2 is 1.94 bits per heavy atom. The van der Waals surface area contributed by atoms with Crippen LogP contribution in [0.3, 0.4) is 0 Å². The van der Waals surface area contributed by atoms with Gasteiger partial charge in [-0.05, 0) is 24.2 Å². The largest absolute Gasteiger partial charge is 0.469 e. The van der Waals surface area contributed by atoms with Crippen molar-refractivity contribution in [3.8, 4) is 0 Å². The van der Waals surface area contributed by atoms with Crippen molar-refractivity contribution < 1.29 is 9.53 Å². The van der Waals surface area contributed by atoms with Gasteiger partial charge < -0.3 is 10.1 Å². The SMILES string of the molecule is COC(=O)CCNCC(C)(C)C1CCCCC1. The number of nitrogens with one attached hydrogen (secondary N) is 1. The first kappa shape index (κ1) is 14.5. The van der Waals surface area contributed by atoms with Gasteiger partial charge in [-0.15, -0.1) is 0 Å². The molecule has 0 spiro atoms. The molecule has 100 valence electrons. The number of esters is 1. The van der Waals surface area contributed by atoms with Crippen LogP contribution in [0, 0.1) is 11.3 Å². The molecule has 1 aliphatic rings. The van der Waals surface area contributed by atoms with Crippen LogP contribution in [0.4, 0.5) is 0 Å². The topological polar surface area (TPSA) is 38.3 Å². The minimum Gasteiger partial charge on any atom is -0.469 e. The first-order chi connectivity index (χ1) is 8.06. The van der Waals surface area contributed by atoms with Crippen LogP contribution in [0.15, 0.2) is 0 Å². The van der Waals surface area contributed by atoms with Crippen LogP contribution in [0.25, 0.3) is 0 Å². The number of carbonyl (C=O) groups excluding carboxylic acids is 1. The van der Waals surface area contributed by atoms with E-state index >= 15 is 0 Å². The first-order valence-corrected chi connectivity index (χ1v) is 6.84. The second kappa shape index (κ2) is 7.00. The molecule has 1 N–H and O–H groups in total. The second-order valence-corrected chi connectivity index (χ2v) is 5.83. The summed E-state index contributed by atoms with van der Waals surface area (Å²) in [5.41, 5.74) is 0.344. The van der Waals surface area contributed by atoms with E-state index in [4.69, 9.17) is 0 Å². The molecule has 1 saturated carbocycles. The fourth-order valence-corrected chi connectivity index (χ4v) is 2.73. The predicted octanol–water partition coefficient (Wildman–Crippen LogP) is 2.75. The molecular formula is C14H27NO2. The maximum Gasteiger partial charge on any atom is 0.306 e. The molecule has 0 unspecified atom stereocenters. The van der Waals surface area contributed by atoms with Crippen LogP contribution in [0.2, 0.25) is 0 Å². The van der Waals surface area contributed by atoms with Gasteiger partial charge >= 0.3 is 5.97 Å². The molecule has 1 fully saturated rings. The summed E-state index contributed by atoms with van der Waals surface area (Å²) in [6, 6.07) is 0. The molecule has 0 atom stereocenters. The molecule has 0 aromatic carbocycles. The molecule has 0 amide bonds. The smallest absolute Gasteiger partial charge is 0.306 e. The molecular weight excluding hydrogens is 214 g/mol. The Labute approximate surface area is 105 Å². The zero-order valence-corrected chi connectivity index (χ0v) is 11.6. The van der Waals surface area contributed by atoms with Crippen LogP contribution < -0.4 is 5.32 Å². The van der Waals surface area contributed by atoms with Crippen molar-refractivity contribution in [1.29, 1.82) is 0 Å². The van der Waals surface area contributed by atoms with E-state index in [0.717, 1.165) is 19.0 Å². The third-order valence-corrected chi connectivity index (χ3v) is 4.02. The molecule has 0 radical (unpaired) electrons. The van der Waals surface area contributed by atoms with E-state index in [1.54, 1.807) is 0 Å². The van der Waals surface area contributed by atoms with Crippen molar-refractivity contribution in [3.05, 3.63) is 0 Å². The van der Waals surface area contributed by atoms with Gasteiger partial charge in [0, 0.05) is 13.1 Å². The summed E-state index contributed by atoms with van der Waals surface area (Å²) in [5.74, 6) is 0.704. The highest BCUT2D eigenvalue weighted by Crippen LogP contribution is 2.37. The van der Waals surface area contributed by atoms with E-state index in [1.165, 1.54) is 39.2 Å². The van der Waals surface area contributed by atoms with Gasteiger partial charge in [-0.1, -0.05) is 33.1 Å². The van der Waals surface area contributed by atoms with Gasteiger partial charge in [-0.2, -0.15) is 0 Å². The van der Waals surface area contributed by atoms with E-state index < -0.39 is 0 Å². The Kier molecular flexibility index (Phi) is 5.96. The summed E-state index contributed by atoms with van der Waals surface area (Å²) < 4.78 is 4.62. The van der Waals surface area contributed by atoms with Crippen molar-refractivity contribution >= 4 is 5.97 Å². The number of methoxy groups -OCH3 is 1. The molecule has 0 aromatic rings. The maximum atomic E-state index is 11.0. The van der Waals surface area contributed by atoms with E-state index in [9.17, 15) is 4.79 Å². The Bertz CT molecular complexity index is 232. The minimum atomic E-state index is -0.132. The van der Waals surface area contributed by atoms with Crippen molar-refractivity contribution in [1.82, 2.24) is 5.32 Å². The number of carbonyl (C=O) groups is 1. The summed E-state index contributed by atoms with van der Waals surface area (Å²) in [4.78, 5) is 11.0. The number of hydrogen-bond acceptors (Lipinski definition) is 3. The van der Waals surface area contributed by atoms with Gasteiger partial charge in [0.2, 0.25) is 0 Å². The fraction of sp³-hybridized carbons (Fsp3) is 0.929. The summed E-state index contributed by atoms with van der Waals surface area (Å²) >= 11 is 0. The van der Waals surface area contributed by atoms with Crippen LogP contribution in [-0.2, 0) is 9.53 Å². The molecule has 17 heavy (non-hydrogen) atoms. The van der Waals surface area contributed by atoms with Crippen molar-refractivity contribution in [3.63, 3.8) is 0 Å². The predicted molar refractivity (Wildman–Crippen MR) is 69.9 cm³/mol. The number of rotatable bonds is 6. The van der Waals surface area contributed by atoms with Crippen LogP contribution in [0.5, 0.6) is 0 Å². The Hall–Kier alpha value is -0.570. The van der Waals surface area contributed by atoms with Crippen molar-refractivity contribution in [2.45, 2.75) is 52.4 Å². The van der Waals surface area contributed by atoms with E-state index in [0.29, 0.717) is 11.8 Å². The van der Waals surface area contributed by atoms with Gasteiger partial charge in [0.15, 0.2) is 0 Å². The van der Waals surface area contributed by atoms with Gasteiger partial charge in [0.05, 0.1) is 13.5 Å². The maximum absolute atomic E-state index is 11.0. The fourth-order valence-electron chi connectivity index (χ4n) is 2.73. The molecule has 1 aliphatic carbocycles. The molecule has 3 nitrogen and oxygen atoms in total. The Balaban J connectivity index is 2.21. The monoisotopic (exact) mass is 241 g/mol. The lowest BCUT2D eigenvalue weighted by Crippen LogP contribution is -2.37. The van der Waals surface area contributed by atoms with E-state index in [2.05, 4.69) is 23.9 Å². The first-order valence-electron chi connectivity index (χ1n) is 6.84. The highest BCUT2D eigenvalue weighted by atomic mass is 16.5. The van der Waals surface area contributed by atoms with Crippen LogP contribution >= 0.6 is 0 Å². The highest BCUT2D eigenvalue weighted by Gasteiger charge is 2.29. The van der Waals surface area contributed by atoms with E-state index in [1.807, 2.05) is 0 Å². The molecule has 1 rings (SSSR count). The third-order valence-electron chi connectivity index (χ3n) is 4.02. The summed E-state index contributed by atoms with van der Waals surface area (Å²) in [5, 5.41) is 3.39. The Morgan fingerprint density at radius 3 is 2.53 bits per heavy atom. The van der Waals surface area contributed by atoms with Crippen molar-refractivity contribution in [2.75, 3.05) is 20.2 Å². The van der Waals surface area contributed by atoms with Crippen molar-refractivity contribution in [2.24, 2.45) is 11.3 Å². The number of hydrogen-bond donors (Lipinski definition) is 1. The standard InChI is InChI=1S/C14H27NO2/c1-14(2,12-7-5-4-6-8-12)11-15-10-9-13(16)17-3/h12,15H,4-11H2,1-3H3.